The molecule has 1 fully saturated rings. The highest BCUT2D eigenvalue weighted by molar-refractivity contribution is 6.56. The van der Waals surface area contributed by atoms with Gasteiger partial charge in [0.25, 0.3) is 0 Å². The van der Waals surface area contributed by atoms with Crippen LogP contribution in [-0.2, 0) is 24.3 Å². The van der Waals surface area contributed by atoms with E-state index in [0.29, 0.717) is 5.56 Å². The van der Waals surface area contributed by atoms with Crippen LogP contribution in [0, 0.1) is 0 Å². The van der Waals surface area contributed by atoms with Crippen LogP contribution in [0.15, 0.2) is 29.7 Å². The van der Waals surface area contributed by atoms with Gasteiger partial charge in [0.1, 0.15) is 5.60 Å². The number of carbonyl (C=O) groups is 2. The van der Waals surface area contributed by atoms with Crippen molar-refractivity contribution in [1.29, 1.82) is 0 Å². The fraction of sp³-hybridized carbons (Fsp3) is 0.583. The first-order chi connectivity index (χ1) is 14.4. The number of amides is 1. The Hall–Kier alpha value is -2.32. The molecule has 0 radical (unpaired) electrons. The maximum Gasteiger partial charge on any atom is 0.492 e. The van der Waals surface area contributed by atoms with Crippen molar-refractivity contribution in [3.05, 3.63) is 40.9 Å². The first-order valence-electron chi connectivity index (χ1n) is 10.8. The van der Waals surface area contributed by atoms with E-state index in [2.05, 4.69) is 5.32 Å². The third-order valence-electron chi connectivity index (χ3n) is 5.91. The fourth-order valence-corrected chi connectivity index (χ4v) is 3.02. The normalized spacial score (nSPS) is 18.4. The number of carboxylic acids is 1. The Morgan fingerprint density at radius 2 is 1.53 bits per heavy atom. The zero-order valence-electron chi connectivity index (χ0n) is 20.7. The number of benzene rings is 1. The van der Waals surface area contributed by atoms with Gasteiger partial charge in [0, 0.05) is 6.54 Å². The highest BCUT2D eigenvalue weighted by Crippen LogP contribution is 2.38. The monoisotopic (exact) mass is 445 g/mol. The van der Waals surface area contributed by atoms with E-state index in [0.717, 1.165) is 11.0 Å². The summed E-state index contributed by atoms with van der Waals surface area (Å²) in [5.74, 6) is -0.889. The summed E-state index contributed by atoms with van der Waals surface area (Å²) in [6.07, 6.45) is 1.36. The number of aliphatic carboxylic acids is 1. The second-order valence-electron chi connectivity index (χ2n) is 10.7. The van der Waals surface area contributed by atoms with Gasteiger partial charge < -0.3 is 24.5 Å². The number of ether oxygens (including phenoxy) is 1. The molecular weight excluding hydrogens is 409 g/mol. The van der Waals surface area contributed by atoms with Crippen molar-refractivity contribution < 1.29 is 28.7 Å². The minimum Gasteiger partial charge on any atom is -0.481 e. The van der Waals surface area contributed by atoms with E-state index in [9.17, 15) is 14.7 Å². The molecule has 0 aliphatic carbocycles. The van der Waals surface area contributed by atoms with Crippen molar-refractivity contribution in [1.82, 2.24) is 5.32 Å². The van der Waals surface area contributed by atoms with Crippen LogP contribution in [0.4, 0.5) is 4.79 Å². The lowest BCUT2D eigenvalue weighted by Crippen LogP contribution is -2.41. The fourth-order valence-electron chi connectivity index (χ4n) is 3.02. The molecule has 2 N–H and O–H groups in total. The molecular formula is C24H36BNO6. The lowest BCUT2D eigenvalue weighted by molar-refractivity contribution is -0.142. The lowest BCUT2D eigenvalue weighted by Gasteiger charge is -2.32. The molecule has 1 aromatic carbocycles. The first-order valence-corrected chi connectivity index (χ1v) is 10.8. The van der Waals surface area contributed by atoms with E-state index in [1.807, 2.05) is 45.9 Å². The van der Waals surface area contributed by atoms with Crippen LogP contribution in [0.2, 0.25) is 0 Å². The molecule has 0 spiro atoms. The van der Waals surface area contributed by atoms with Crippen LogP contribution < -0.4 is 5.32 Å². The quantitative estimate of drug-likeness (QED) is 0.623. The molecule has 1 aromatic rings. The molecule has 8 heteroatoms. The first kappa shape index (κ1) is 25.9. The number of alkyl carbamates (subject to hydrolysis) is 1. The average molecular weight is 445 g/mol. The SMILES string of the molecule is CC(C)(C)OC(=O)NCC(=Cc1ccc(C(C)(C)C(=O)O)cc1)B1OC(C)(C)C(C)(C)O1. The molecule has 32 heavy (non-hydrogen) atoms. The van der Waals surface area contributed by atoms with Gasteiger partial charge in [0.05, 0.1) is 16.6 Å². The second-order valence-corrected chi connectivity index (χ2v) is 10.7. The molecule has 0 aromatic heterocycles. The van der Waals surface area contributed by atoms with Gasteiger partial charge in [-0.1, -0.05) is 30.3 Å². The van der Waals surface area contributed by atoms with Crippen molar-refractivity contribution in [3.63, 3.8) is 0 Å². The molecule has 0 atom stereocenters. The molecule has 0 unspecified atom stereocenters. The van der Waals surface area contributed by atoms with Crippen LogP contribution >= 0.6 is 0 Å². The Balaban J connectivity index is 2.31. The summed E-state index contributed by atoms with van der Waals surface area (Å²) in [7, 11) is -0.648. The van der Waals surface area contributed by atoms with Gasteiger partial charge >= 0.3 is 19.2 Å². The Kier molecular flexibility index (Phi) is 7.22. The molecule has 1 amide bonds. The summed E-state index contributed by atoms with van der Waals surface area (Å²) < 4.78 is 17.7. The highest BCUT2D eigenvalue weighted by Gasteiger charge is 2.52. The topological polar surface area (TPSA) is 94.1 Å². The van der Waals surface area contributed by atoms with Crippen LogP contribution in [0.1, 0.15) is 73.4 Å². The molecule has 1 saturated heterocycles. The number of nitrogens with one attached hydrogen (secondary N) is 1. The van der Waals surface area contributed by atoms with Gasteiger partial charge in [-0.05, 0) is 78.9 Å². The predicted molar refractivity (Wildman–Crippen MR) is 125 cm³/mol. The van der Waals surface area contributed by atoms with Gasteiger partial charge in [0.2, 0.25) is 0 Å². The Morgan fingerprint density at radius 3 is 1.97 bits per heavy atom. The molecule has 0 saturated carbocycles. The van der Waals surface area contributed by atoms with Crippen molar-refractivity contribution >= 4 is 25.3 Å². The van der Waals surface area contributed by atoms with Gasteiger partial charge in [-0.15, -0.1) is 0 Å². The molecule has 1 aliphatic heterocycles. The summed E-state index contributed by atoms with van der Waals surface area (Å²) in [6.45, 7) is 16.8. The smallest absolute Gasteiger partial charge is 0.481 e. The molecule has 1 heterocycles. The van der Waals surface area contributed by atoms with Crippen molar-refractivity contribution in [2.75, 3.05) is 6.54 Å². The van der Waals surface area contributed by atoms with E-state index in [1.165, 1.54) is 0 Å². The zero-order chi connectivity index (χ0) is 24.5. The number of hydrogen-bond acceptors (Lipinski definition) is 5. The molecule has 176 valence electrons. The second kappa shape index (κ2) is 8.91. The molecule has 1 aliphatic rings. The van der Waals surface area contributed by atoms with E-state index in [4.69, 9.17) is 14.0 Å². The summed E-state index contributed by atoms with van der Waals surface area (Å²) in [5.41, 5.74) is -0.396. The zero-order valence-corrected chi connectivity index (χ0v) is 20.7. The van der Waals surface area contributed by atoms with Gasteiger partial charge in [0.15, 0.2) is 0 Å². The van der Waals surface area contributed by atoms with Crippen LogP contribution in [0.3, 0.4) is 0 Å². The standard InChI is InChI=1S/C24H36BNO6/c1-21(2,3)30-20(29)26-15-18(25-31-23(6,7)24(8,9)32-25)14-16-10-12-17(13-11-16)22(4,5)19(27)28/h10-14H,15H2,1-9H3,(H,26,29)(H,27,28). The number of carboxylic acid groups (broad SMARTS) is 1. The van der Waals surface area contributed by atoms with E-state index in [-0.39, 0.29) is 6.54 Å². The van der Waals surface area contributed by atoms with Crippen LogP contribution in [0.25, 0.3) is 6.08 Å². The lowest BCUT2D eigenvalue weighted by atomic mass is 9.76. The maximum absolute atomic E-state index is 12.2. The van der Waals surface area contributed by atoms with Crippen molar-refractivity contribution in [3.8, 4) is 0 Å². The summed E-state index contributed by atoms with van der Waals surface area (Å²) in [4.78, 5) is 23.7. The third-order valence-corrected chi connectivity index (χ3v) is 5.91. The summed E-state index contributed by atoms with van der Waals surface area (Å²) >= 11 is 0. The highest BCUT2D eigenvalue weighted by atomic mass is 16.7. The summed E-state index contributed by atoms with van der Waals surface area (Å²) in [5, 5.41) is 12.2. The minimum absolute atomic E-state index is 0.175. The van der Waals surface area contributed by atoms with Crippen molar-refractivity contribution in [2.45, 2.75) is 84.5 Å². The summed E-state index contributed by atoms with van der Waals surface area (Å²) in [6, 6.07) is 7.28. The molecule has 2 rings (SSSR count). The Morgan fingerprint density at radius 1 is 1.03 bits per heavy atom. The van der Waals surface area contributed by atoms with Crippen LogP contribution in [0.5, 0.6) is 0 Å². The van der Waals surface area contributed by atoms with Crippen LogP contribution in [-0.4, -0.2) is 47.6 Å². The largest absolute Gasteiger partial charge is 0.492 e. The Bertz CT molecular complexity index is 865. The van der Waals surface area contributed by atoms with E-state index in [1.54, 1.807) is 46.8 Å². The number of carbonyl (C=O) groups excluding carboxylic acids is 1. The Labute approximate surface area is 191 Å². The van der Waals surface area contributed by atoms with Gasteiger partial charge in [-0.2, -0.15) is 0 Å². The number of hydrogen-bond donors (Lipinski definition) is 2. The molecule has 7 nitrogen and oxygen atoms in total. The minimum atomic E-state index is -0.991. The van der Waals surface area contributed by atoms with Gasteiger partial charge in [-0.25, -0.2) is 4.79 Å². The van der Waals surface area contributed by atoms with E-state index < -0.39 is 41.4 Å². The third kappa shape index (κ3) is 6.14. The number of rotatable bonds is 6. The van der Waals surface area contributed by atoms with Gasteiger partial charge in [-0.3, -0.25) is 4.79 Å². The predicted octanol–water partition coefficient (Wildman–Crippen LogP) is 4.59. The maximum atomic E-state index is 12.2. The van der Waals surface area contributed by atoms with Crippen molar-refractivity contribution in [2.24, 2.45) is 0 Å². The molecule has 0 bridgehead atoms. The average Bonchev–Trinajstić information content (AvgIpc) is 2.84. The van der Waals surface area contributed by atoms with E-state index >= 15 is 0 Å².